The summed E-state index contributed by atoms with van der Waals surface area (Å²) in [5.74, 6) is 0. The van der Waals surface area contributed by atoms with E-state index in [1.165, 1.54) is 6.33 Å². The third kappa shape index (κ3) is 1.60. The van der Waals surface area contributed by atoms with E-state index < -0.39 is 0 Å². The van der Waals surface area contributed by atoms with Crippen LogP contribution in [0.15, 0.2) is 18.7 Å². The number of hydrogen-bond donors (Lipinski definition) is 0. The van der Waals surface area contributed by atoms with Gasteiger partial charge in [-0.2, -0.15) is 0 Å². The van der Waals surface area contributed by atoms with E-state index >= 15 is 0 Å². The van der Waals surface area contributed by atoms with Crippen molar-refractivity contribution in [2.24, 2.45) is 0 Å². The van der Waals surface area contributed by atoms with Gasteiger partial charge in [-0.25, -0.2) is 0 Å². The van der Waals surface area contributed by atoms with E-state index in [9.17, 15) is 0 Å². The number of rotatable bonds is 0. The van der Waals surface area contributed by atoms with Crippen LogP contribution >= 0.6 is 0 Å². The zero-order valence-electron chi connectivity index (χ0n) is 3.63. The molecule has 0 aliphatic rings. The van der Waals surface area contributed by atoms with Crippen molar-refractivity contribution in [3.8, 4) is 0 Å². The normalized spacial score (nSPS) is 6.67. The Morgan fingerprint density at radius 2 is 2.33 bits per heavy atom. The monoisotopic (exact) mass is 90.0 g/mol. The van der Waals surface area contributed by atoms with Crippen LogP contribution in [0.4, 0.5) is 0 Å². The van der Waals surface area contributed by atoms with Gasteiger partial charge in [0.1, 0.15) is 0 Å². The molecule has 0 aliphatic heterocycles. The number of nitrogens with zero attached hydrogens (tertiary/aromatic N) is 2. The second-order valence-corrected chi connectivity index (χ2v) is 0.712. The van der Waals surface area contributed by atoms with E-state index in [4.69, 9.17) is 0 Å². The molecule has 0 N–H and O–H groups in total. The average Bonchev–Trinajstić information content (AvgIpc) is 1.76. The molecule has 0 aliphatic carbocycles. The van der Waals surface area contributed by atoms with Crippen LogP contribution in [-0.2, 0) is 0 Å². The Morgan fingerprint density at radius 3 is 2.50 bits per heavy atom. The van der Waals surface area contributed by atoms with E-state index in [0.29, 0.717) is 0 Å². The first-order valence-electron chi connectivity index (χ1n) is 1.37. The van der Waals surface area contributed by atoms with Gasteiger partial charge in [0.25, 0.3) is 0 Å². The van der Waals surface area contributed by atoms with Gasteiger partial charge in [0.05, 0.1) is 0 Å². The second kappa shape index (κ2) is 3.40. The fraction of sp³-hybridized carbons (Fsp3) is 0. The van der Waals surface area contributed by atoms with E-state index in [2.05, 4.69) is 9.97 Å². The fourth-order valence-electron chi connectivity index (χ4n) is 0.192. The van der Waals surface area contributed by atoms with Crippen molar-refractivity contribution >= 4 is 0 Å². The molecular weight excluding hydrogens is 87.0 g/mol. The molecule has 3 heteroatoms. The molecule has 0 spiro atoms. The molecule has 0 fully saturated rings. The van der Waals surface area contributed by atoms with Crippen molar-refractivity contribution in [1.29, 1.82) is 0 Å². The van der Waals surface area contributed by atoms with Crippen molar-refractivity contribution in [2.45, 2.75) is 0 Å². The molecule has 0 bridgehead atoms. The third-order valence-electron chi connectivity index (χ3n) is 0.372. The Balaban J connectivity index is 0.000000250. The molecule has 2 nitrogen and oxygen atoms in total. The Kier molecular flexibility index (Phi) is 3.52. The summed E-state index contributed by atoms with van der Waals surface area (Å²) in [6.07, 6.45) is 4.78. The van der Waals surface area contributed by atoms with Crippen LogP contribution in [0, 0.1) is 0 Å². The first-order valence-corrected chi connectivity index (χ1v) is 1.37. The van der Waals surface area contributed by atoms with E-state index in [1.807, 2.05) is 0 Å². The van der Waals surface area contributed by atoms with Crippen LogP contribution in [-0.4, -0.2) is 4.98 Å². The first-order chi connectivity index (χ1) is 2.50. The quantitative estimate of drug-likeness (QED) is 0.318. The molecule has 0 unspecified atom stereocenters. The van der Waals surface area contributed by atoms with E-state index in [1.54, 1.807) is 12.4 Å². The van der Waals surface area contributed by atoms with E-state index in [-0.39, 0.29) is 29.6 Å². The summed E-state index contributed by atoms with van der Waals surface area (Å²) in [5.41, 5.74) is 0. The standard InChI is InChI=1S/C3H3N2.Na/c1-2-5-3-4-1;/h1-3H;/q-1;+1. The molecule has 6 heavy (non-hydrogen) atoms. The number of aromatic nitrogens is 2. The van der Waals surface area contributed by atoms with Crippen molar-refractivity contribution < 1.29 is 29.6 Å². The number of hydrogen-bond acceptors (Lipinski definition) is 1. The predicted molar refractivity (Wildman–Crippen MR) is 17.6 cm³/mol. The van der Waals surface area contributed by atoms with Gasteiger partial charge in [-0.3, -0.25) is 0 Å². The zero-order chi connectivity index (χ0) is 3.54. The zero-order valence-corrected chi connectivity index (χ0v) is 5.63. The van der Waals surface area contributed by atoms with Crippen molar-refractivity contribution in [3.63, 3.8) is 0 Å². The molecule has 0 saturated carbocycles. The maximum atomic E-state index is 3.61. The minimum Gasteiger partial charge on any atom is -0.450 e. The van der Waals surface area contributed by atoms with Crippen molar-refractivity contribution in [2.75, 3.05) is 0 Å². The van der Waals surface area contributed by atoms with Gasteiger partial charge >= 0.3 is 29.6 Å². The van der Waals surface area contributed by atoms with Crippen LogP contribution in [0.5, 0.6) is 0 Å². The molecule has 26 valence electrons. The summed E-state index contributed by atoms with van der Waals surface area (Å²) >= 11 is 0. The van der Waals surface area contributed by atoms with Gasteiger partial charge in [0.15, 0.2) is 0 Å². The molecule has 0 amide bonds. The summed E-state index contributed by atoms with van der Waals surface area (Å²) in [7, 11) is 0. The van der Waals surface area contributed by atoms with E-state index in [0.717, 1.165) is 0 Å². The van der Waals surface area contributed by atoms with Crippen LogP contribution in [0.1, 0.15) is 0 Å². The average molecular weight is 90.1 g/mol. The van der Waals surface area contributed by atoms with Crippen LogP contribution < -0.4 is 34.5 Å². The summed E-state index contributed by atoms with van der Waals surface area (Å²) in [6.45, 7) is 0. The molecule has 0 aromatic carbocycles. The maximum absolute atomic E-state index is 3.61. The summed E-state index contributed by atoms with van der Waals surface area (Å²) in [6, 6.07) is 0. The Bertz CT molecular complexity index is 65.3. The first kappa shape index (κ1) is 6.21. The minimum atomic E-state index is 0. The van der Waals surface area contributed by atoms with Gasteiger partial charge < -0.3 is 9.97 Å². The van der Waals surface area contributed by atoms with Crippen molar-refractivity contribution in [3.05, 3.63) is 18.7 Å². The van der Waals surface area contributed by atoms with Gasteiger partial charge in [0, 0.05) is 0 Å². The molecule has 1 rings (SSSR count). The van der Waals surface area contributed by atoms with Gasteiger partial charge in [-0.05, 0) is 0 Å². The largest absolute Gasteiger partial charge is 1.00 e. The third-order valence-corrected chi connectivity index (χ3v) is 0.372. The van der Waals surface area contributed by atoms with Crippen LogP contribution in [0.2, 0.25) is 0 Å². The predicted octanol–water partition coefficient (Wildman–Crippen LogP) is -2.96. The Hall–Kier alpha value is 0.210. The topological polar surface area (TPSA) is 27.0 Å². The molecule has 0 radical (unpaired) electrons. The Labute approximate surface area is 58.3 Å². The molecular formula is C3H3N2Na. The SMILES string of the molecule is [Na+].c1c[n-]cn1. The molecule has 1 aromatic rings. The fourth-order valence-corrected chi connectivity index (χ4v) is 0.192. The summed E-state index contributed by atoms with van der Waals surface area (Å²) in [5, 5.41) is 0. The molecule has 0 atom stereocenters. The second-order valence-electron chi connectivity index (χ2n) is 0.712. The molecule has 0 saturated heterocycles. The maximum Gasteiger partial charge on any atom is 1.00 e. The number of imidazole rings is 1. The van der Waals surface area contributed by atoms with Crippen LogP contribution in [0.3, 0.4) is 0 Å². The van der Waals surface area contributed by atoms with Gasteiger partial charge in [0.2, 0.25) is 0 Å². The Morgan fingerprint density at radius 1 is 1.50 bits per heavy atom. The van der Waals surface area contributed by atoms with Gasteiger partial charge in [-0.15, -0.1) is 0 Å². The minimum absolute atomic E-state index is 0. The summed E-state index contributed by atoms with van der Waals surface area (Å²) in [4.78, 5) is 7.22. The van der Waals surface area contributed by atoms with Gasteiger partial charge in [-0.1, -0.05) is 18.7 Å². The molecule has 1 aromatic heterocycles. The smallest absolute Gasteiger partial charge is 0.450 e. The van der Waals surface area contributed by atoms with Crippen LogP contribution in [0.25, 0.3) is 0 Å². The summed E-state index contributed by atoms with van der Waals surface area (Å²) < 4.78 is 0. The van der Waals surface area contributed by atoms with Crippen molar-refractivity contribution in [1.82, 2.24) is 9.97 Å². The molecule has 1 heterocycles.